The van der Waals surface area contributed by atoms with E-state index in [0.29, 0.717) is 23.2 Å². The SMILES string of the molecule is CN1C=C2NC1=NC1=CN(c3ccccc3)C(=c3c[n+](C)c([nH]3)=Nc3cn(-c4ccccc4)c2n3)N1. The number of nitrogens with zero attached hydrogens (tertiary/aromatic N) is 7. The average molecular weight is 476 g/mol. The highest BCUT2D eigenvalue weighted by Gasteiger charge is 2.27. The van der Waals surface area contributed by atoms with Crippen LogP contribution in [0.2, 0.25) is 0 Å². The Balaban J connectivity index is 1.48. The minimum Gasteiger partial charge on any atom is -0.322 e. The van der Waals surface area contributed by atoms with Crippen LogP contribution in [0.3, 0.4) is 0 Å². The fourth-order valence-corrected chi connectivity index (χ4v) is 4.51. The Kier molecular flexibility index (Phi) is 4.34. The first kappa shape index (κ1) is 20.3. The minimum atomic E-state index is 0.591. The second-order valence-electron chi connectivity index (χ2n) is 8.75. The highest BCUT2D eigenvalue weighted by atomic mass is 15.4. The monoisotopic (exact) mass is 475 g/mol. The number of aryl methyl sites for hydroxylation is 1. The van der Waals surface area contributed by atoms with Gasteiger partial charge in [-0.1, -0.05) is 36.4 Å². The number of benzene rings is 2. The molecular weight excluding hydrogens is 452 g/mol. The van der Waals surface area contributed by atoms with Crippen LogP contribution in [0.5, 0.6) is 0 Å². The molecular formula is C26H23N10+. The van der Waals surface area contributed by atoms with Gasteiger partial charge in [0.25, 0.3) is 5.82 Å². The van der Waals surface area contributed by atoms with Crippen molar-refractivity contribution in [2.75, 3.05) is 11.9 Å². The largest absolute Gasteiger partial charge is 0.398 e. The number of aliphatic imine (C=N–C) groups is 1. The van der Waals surface area contributed by atoms with Crippen molar-refractivity contribution in [3.05, 3.63) is 108 Å². The molecule has 0 saturated carbocycles. The zero-order valence-corrected chi connectivity index (χ0v) is 19.7. The third-order valence-electron chi connectivity index (χ3n) is 6.25. The van der Waals surface area contributed by atoms with Crippen molar-refractivity contribution in [3.8, 4) is 5.69 Å². The average Bonchev–Trinajstić information content (AvgIpc) is 3.67. The van der Waals surface area contributed by atoms with Gasteiger partial charge in [-0.2, -0.15) is 9.98 Å². The summed E-state index contributed by atoms with van der Waals surface area (Å²) in [6.45, 7) is 0. The molecule has 0 aliphatic carbocycles. The summed E-state index contributed by atoms with van der Waals surface area (Å²) in [5.41, 5.74) is 3.53. The van der Waals surface area contributed by atoms with Gasteiger partial charge in [-0.05, 0) is 29.3 Å². The lowest BCUT2D eigenvalue weighted by molar-refractivity contribution is -0.686. The van der Waals surface area contributed by atoms with E-state index < -0.39 is 0 Å². The normalized spacial score (nSPS) is 15.9. The van der Waals surface area contributed by atoms with Crippen LogP contribution >= 0.6 is 0 Å². The molecule has 176 valence electrons. The van der Waals surface area contributed by atoms with E-state index in [-0.39, 0.29) is 0 Å². The molecule has 10 nitrogen and oxygen atoms in total. The van der Waals surface area contributed by atoms with Crippen molar-refractivity contribution < 1.29 is 4.57 Å². The van der Waals surface area contributed by atoms with Gasteiger partial charge >= 0.3 is 5.62 Å². The standard InChI is InChI=1S/C26H22N10/c1-33-13-19-23-30-22(16-35(23)17-9-5-3-6-10-17)32-26-28-20(14-34(26)2)24-29-21(31-25(33)27-19)15-36(24)18-11-7-4-8-12-18/h3-16H,1-2H3,(H2,27,28,31,32)/p+1. The van der Waals surface area contributed by atoms with Crippen molar-refractivity contribution in [2.45, 2.75) is 0 Å². The van der Waals surface area contributed by atoms with Crippen molar-refractivity contribution >= 4 is 29.0 Å². The van der Waals surface area contributed by atoms with E-state index in [9.17, 15) is 0 Å². The molecule has 0 radical (unpaired) electrons. The van der Waals surface area contributed by atoms with Crippen molar-refractivity contribution in [3.63, 3.8) is 0 Å². The molecule has 0 saturated heterocycles. The van der Waals surface area contributed by atoms with E-state index in [1.807, 2.05) is 101 Å². The van der Waals surface area contributed by atoms with Crippen LogP contribution in [0.15, 0.2) is 101 Å². The lowest BCUT2D eigenvalue weighted by Crippen LogP contribution is -2.43. The molecule has 5 heterocycles. The third-order valence-corrected chi connectivity index (χ3v) is 6.25. The van der Waals surface area contributed by atoms with Crippen LogP contribution in [0.1, 0.15) is 5.82 Å². The molecule has 2 aromatic carbocycles. The molecule has 4 aromatic rings. The summed E-state index contributed by atoms with van der Waals surface area (Å²) in [4.78, 5) is 22.1. The number of hydrogen-bond acceptors (Lipinski definition) is 7. The number of aromatic nitrogens is 4. The molecule has 0 fully saturated rings. The molecule has 3 aliphatic heterocycles. The van der Waals surface area contributed by atoms with E-state index in [2.05, 4.69) is 32.7 Å². The summed E-state index contributed by atoms with van der Waals surface area (Å²) in [6.07, 6.45) is 7.93. The van der Waals surface area contributed by atoms with E-state index >= 15 is 0 Å². The van der Waals surface area contributed by atoms with Crippen LogP contribution in [0.4, 0.5) is 11.5 Å². The maximum absolute atomic E-state index is 4.90. The zero-order valence-electron chi connectivity index (χ0n) is 19.7. The number of nitrogens with one attached hydrogen (secondary N) is 3. The first-order chi connectivity index (χ1) is 17.6. The Bertz CT molecular complexity index is 1710. The van der Waals surface area contributed by atoms with Gasteiger partial charge < -0.3 is 15.5 Å². The number of aromatic amines is 1. The van der Waals surface area contributed by atoms with Crippen LogP contribution in [0, 0.1) is 0 Å². The van der Waals surface area contributed by atoms with Crippen molar-refractivity contribution in [1.29, 1.82) is 0 Å². The second-order valence-corrected chi connectivity index (χ2v) is 8.75. The Labute approximate surface area is 206 Å². The van der Waals surface area contributed by atoms with Crippen LogP contribution in [-0.4, -0.2) is 32.4 Å². The molecule has 3 aliphatic rings. The first-order valence-corrected chi connectivity index (χ1v) is 11.6. The van der Waals surface area contributed by atoms with Gasteiger partial charge in [0.1, 0.15) is 11.9 Å². The van der Waals surface area contributed by atoms with Crippen molar-refractivity contribution in [1.82, 2.24) is 30.1 Å². The Morgan fingerprint density at radius 1 is 0.861 bits per heavy atom. The number of para-hydroxylation sites is 2. The quantitative estimate of drug-likeness (QED) is 0.379. The summed E-state index contributed by atoms with van der Waals surface area (Å²) in [6, 6.07) is 20.3. The molecule has 0 spiro atoms. The van der Waals surface area contributed by atoms with Gasteiger partial charge in [-0.25, -0.2) is 9.55 Å². The first-order valence-electron chi connectivity index (χ1n) is 11.6. The number of rotatable bonds is 2. The van der Waals surface area contributed by atoms with Gasteiger partial charge in [0.2, 0.25) is 5.96 Å². The fraction of sp³-hybridized carbons (Fsp3) is 0.0769. The molecule has 7 rings (SSSR count). The summed E-state index contributed by atoms with van der Waals surface area (Å²) in [5, 5.41) is 7.79. The van der Waals surface area contributed by atoms with E-state index in [1.165, 1.54) is 0 Å². The van der Waals surface area contributed by atoms with E-state index in [0.717, 1.165) is 34.1 Å². The smallest absolute Gasteiger partial charge is 0.322 e. The highest BCUT2D eigenvalue weighted by Crippen LogP contribution is 2.27. The predicted molar refractivity (Wildman–Crippen MR) is 136 cm³/mol. The molecule has 0 unspecified atom stereocenters. The number of anilines is 1. The zero-order chi connectivity index (χ0) is 24.2. The second kappa shape index (κ2) is 7.70. The molecule has 3 N–H and O–H groups in total. The van der Waals surface area contributed by atoms with Crippen molar-refractivity contribution in [2.24, 2.45) is 17.0 Å². The molecule has 36 heavy (non-hydrogen) atoms. The minimum absolute atomic E-state index is 0.591. The fourth-order valence-electron chi connectivity index (χ4n) is 4.51. The maximum atomic E-state index is 4.90. The molecule has 8 bridgehead atoms. The number of guanidine groups is 1. The summed E-state index contributed by atoms with van der Waals surface area (Å²) < 4.78 is 3.99. The van der Waals surface area contributed by atoms with Crippen LogP contribution < -0.4 is 31.1 Å². The van der Waals surface area contributed by atoms with Gasteiger partial charge in [-0.15, -0.1) is 0 Å². The Morgan fingerprint density at radius 3 is 2.39 bits per heavy atom. The third kappa shape index (κ3) is 3.27. The van der Waals surface area contributed by atoms with Crippen LogP contribution in [0.25, 0.3) is 17.2 Å². The summed E-state index contributed by atoms with van der Waals surface area (Å²) in [5.74, 6) is 3.59. The molecule has 2 aromatic heterocycles. The Morgan fingerprint density at radius 2 is 1.61 bits per heavy atom. The number of H-pyrrole nitrogens is 1. The summed E-state index contributed by atoms with van der Waals surface area (Å²) >= 11 is 0. The number of imidazole rings is 2. The molecule has 10 heteroatoms. The van der Waals surface area contributed by atoms with Gasteiger partial charge in [-0.3, -0.25) is 9.47 Å². The number of fused-ring (bicyclic) bond motifs is 9. The number of hydrogen-bond donors (Lipinski definition) is 3. The van der Waals surface area contributed by atoms with E-state index in [4.69, 9.17) is 15.0 Å². The Hall–Kier alpha value is -5.12. The van der Waals surface area contributed by atoms with Gasteiger partial charge in [0.05, 0.1) is 19.4 Å². The van der Waals surface area contributed by atoms with E-state index in [1.54, 1.807) is 0 Å². The molecule has 0 amide bonds. The highest BCUT2D eigenvalue weighted by molar-refractivity contribution is 5.95. The lowest BCUT2D eigenvalue weighted by atomic mass is 10.3. The van der Waals surface area contributed by atoms with Gasteiger partial charge in [0, 0.05) is 24.6 Å². The predicted octanol–water partition coefficient (Wildman–Crippen LogP) is 1.15. The summed E-state index contributed by atoms with van der Waals surface area (Å²) in [7, 11) is 3.92. The molecule has 0 atom stereocenters. The lowest BCUT2D eigenvalue weighted by Gasteiger charge is -2.15. The topological polar surface area (TPSA) is 92.8 Å². The maximum Gasteiger partial charge on any atom is 0.398 e. The van der Waals surface area contributed by atoms with Gasteiger partial charge in [0.15, 0.2) is 22.8 Å². The van der Waals surface area contributed by atoms with Crippen LogP contribution in [-0.2, 0) is 7.05 Å².